The third-order valence-electron chi connectivity index (χ3n) is 2.80. The summed E-state index contributed by atoms with van der Waals surface area (Å²) in [5.41, 5.74) is 2.01. The molecule has 20 heavy (non-hydrogen) atoms. The van der Waals surface area contributed by atoms with Crippen LogP contribution in [0.15, 0.2) is 30.6 Å². The molecule has 1 N–H and O–H groups in total. The standard InChI is InChI=1S/C15H16N4O/c1-3-6-18-15-10-17-9-13(19-15)12-7-11(8-16)4-5-14(12)20-2/h4-5,7,9-10H,3,6H2,1-2H3,(H,18,19). The van der Waals surface area contributed by atoms with Crippen molar-refractivity contribution in [2.45, 2.75) is 13.3 Å². The topological polar surface area (TPSA) is 70.8 Å². The van der Waals surface area contributed by atoms with E-state index in [0.29, 0.717) is 22.8 Å². The van der Waals surface area contributed by atoms with E-state index < -0.39 is 0 Å². The molecule has 0 radical (unpaired) electrons. The van der Waals surface area contributed by atoms with Crippen LogP contribution in [-0.4, -0.2) is 23.6 Å². The molecule has 102 valence electrons. The number of benzene rings is 1. The first-order valence-electron chi connectivity index (χ1n) is 6.43. The largest absolute Gasteiger partial charge is 0.496 e. The van der Waals surface area contributed by atoms with E-state index in [0.717, 1.165) is 18.5 Å². The highest BCUT2D eigenvalue weighted by Crippen LogP contribution is 2.29. The lowest BCUT2D eigenvalue weighted by Gasteiger charge is -2.10. The van der Waals surface area contributed by atoms with Gasteiger partial charge in [-0.15, -0.1) is 0 Å². The van der Waals surface area contributed by atoms with E-state index in [2.05, 4.69) is 28.3 Å². The van der Waals surface area contributed by atoms with E-state index in [1.807, 2.05) is 0 Å². The predicted molar refractivity (Wildman–Crippen MR) is 77.5 cm³/mol. The molecule has 5 heteroatoms. The van der Waals surface area contributed by atoms with Crippen LogP contribution >= 0.6 is 0 Å². The Bertz CT molecular complexity index is 634. The molecule has 0 atom stereocenters. The molecule has 0 aliphatic rings. The Morgan fingerprint density at radius 1 is 1.35 bits per heavy atom. The highest BCUT2D eigenvalue weighted by molar-refractivity contribution is 5.69. The Morgan fingerprint density at radius 3 is 2.90 bits per heavy atom. The predicted octanol–water partition coefficient (Wildman–Crippen LogP) is 2.85. The van der Waals surface area contributed by atoms with Gasteiger partial charge < -0.3 is 10.1 Å². The smallest absolute Gasteiger partial charge is 0.145 e. The maximum atomic E-state index is 9.00. The van der Waals surface area contributed by atoms with Gasteiger partial charge in [0.05, 0.1) is 36.8 Å². The first-order chi connectivity index (χ1) is 9.78. The lowest BCUT2D eigenvalue weighted by atomic mass is 10.1. The molecule has 5 nitrogen and oxygen atoms in total. The minimum Gasteiger partial charge on any atom is -0.496 e. The summed E-state index contributed by atoms with van der Waals surface area (Å²) in [6.45, 7) is 2.93. The number of hydrogen-bond acceptors (Lipinski definition) is 5. The van der Waals surface area contributed by atoms with Crippen LogP contribution in [0.4, 0.5) is 5.82 Å². The van der Waals surface area contributed by atoms with Crippen LogP contribution in [0.5, 0.6) is 5.75 Å². The van der Waals surface area contributed by atoms with Gasteiger partial charge in [-0.1, -0.05) is 6.92 Å². The highest BCUT2D eigenvalue weighted by Gasteiger charge is 2.09. The summed E-state index contributed by atoms with van der Waals surface area (Å²) in [5, 5.41) is 12.2. The zero-order chi connectivity index (χ0) is 14.4. The normalized spacial score (nSPS) is 9.85. The van der Waals surface area contributed by atoms with Crippen molar-refractivity contribution in [1.29, 1.82) is 5.26 Å². The fourth-order valence-corrected chi connectivity index (χ4v) is 1.81. The molecule has 1 heterocycles. The molecule has 1 aromatic carbocycles. The maximum Gasteiger partial charge on any atom is 0.145 e. The molecular weight excluding hydrogens is 252 g/mol. The van der Waals surface area contributed by atoms with Gasteiger partial charge in [-0.25, -0.2) is 4.98 Å². The molecule has 0 amide bonds. The molecule has 2 aromatic rings. The van der Waals surface area contributed by atoms with Crippen LogP contribution in [0.1, 0.15) is 18.9 Å². The molecular formula is C15H16N4O. The summed E-state index contributed by atoms with van der Waals surface area (Å²) < 4.78 is 5.32. The number of aromatic nitrogens is 2. The molecule has 0 unspecified atom stereocenters. The van der Waals surface area contributed by atoms with E-state index in [4.69, 9.17) is 10.00 Å². The summed E-state index contributed by atoms with van der Waals surface area (Å²) in [4.78, 5) is 8.68. The number of nitrogens with one attached hydrogen (secondary N) is 1. The molecule has 0 saturated carbocycles. The third kappa shape index (κ3) is 3.04. The van der Waals surface area contributed by atoms with Crippen molar-refractivity contribution in [2.24, 2.45) is 0 Å². The summed E-state index contributed by atoms with van der Waals surface area (Å²) >= 11 is 0. The second-order valence-corrected chi connectivity index (χ2v) is 4.24. The van der Waals surface area contributed by atoms with Crippen molar-refractivity contribution in [3.8, 4) is 23.1 Å². The third-order valence-corrected chi connectivity index (χ3v) is 2.80. The average Bonchev–Trinajstić information content (AvgIpc) is 2.52. The van der Waals surface area contributed by atoms with E-state index in [1.54, 1.807) is 37.7 Å². The highest BCUT2D eigenvalue weighted by atomic mass is 16.5. The van der Waals surface area contributed by atoms with Gasteiger partial charge in [-0.3, -0.25) is 4.98 Å². The van der Waals surface area contributed by atoms with Crippen LogP contribution in [0.2, 0.25) is 0 Å². The zero-order valence-corrected chi connectivity index (χ0v) is 11.6. The summed E-state index contributed by atoms with van der Waals surface area (Å²) in [7, 11) is 1.59. The average molecular weight is 268 g/mol. The number of nitrogens with zero attached hydrogens (tertiary/aromatic N) is 3. The SMILES string of the molecule is CCCNc1cncc(-c2cc(C#N)ccc2OC)n1. The maximum absolute atomic E-state index is 9.00. The second-order valence-electron chi connectivity index (χ2n) is 4.24. The van der Waals surface area contributed by atoms with E-state index in [1.165, 1.54) is 0 Å². The number of rotatable bonds is 5. The first-order valence-corrected chi connectivity index (χ1v) is 6.43. The minimum absolute atomic E-state index is 0.564. The van der Waals surface area contributed by atoms with Crippen molar-refractivity contribution in [3.05, 3.63) is 36.2 Å². The van der Waals surface area contributed by atoms with E-state index in [-0.39, 0.29) is 0 Å². The van der Waals surface area contributed by atoms with Gasteiger partial charge in [0, 0.05) is 12.1 Å². The Hall–Kier alpha value is -2.61. The van der Waals surface area contributed by atoms with Gasteiger partial charge in [0.25, 0.3) is 0 Å². The van der Waals surface area contributed by atoms with Gasteiger partial charge >= 0.3 is 0 Å². The van der Waals surface area contributed by atoms with Crippen LogP contribution in [-0.2, 0) is 0 Å². The fraction of sp³-hybridized carbons (Fsp3) is 0.267. The van der Waals surface area contributed by atoms with Gasteiger partial charge in [0.1, 0.15) is 11.6 Å². The Labute approximate surface area is 118 Å². The zero-order valence-electron chi connectivity index (χ0n) is 11.6. The van der Waals surface area contributed by atoms with Crippen LogP contribution in [0, 0.1) is 11.3 Å². The minimum atomic E-state index is 0.564. The molecule has 0 aliphatic heterocycles. The summed E-state index contributed by atoms with van der Waals surface area (Å²) in [5.74, 6) is 1.39. The summed E-state index contributed by atoms with van der Waals surface area (Å²) in [6.07, 6.45) is 4.36. The molecule has 0 fully saturated rings. The second kappa shape index (κ2) is 6.53. The monoisotopic (exact) mass is 268 g/mol. The van der Waals surface area contributed by atoms with Crippen molar-refractivity contribution in [3.63, 3.8) is 0 Å². The lowest BCUT2D eigenvalue weighted by molar-refractivity contribution is 0.416. The van der Waals surface area contributed by atoms with Crippen molar-refractivity contribution >= 4 is 5.82 Å². The molecule has 0 spiro atoms. The number of methoxy groups -OCH3 is 1. The van der Waals surface area contributed by atoms with Crippen molar-refractivity contribution < 1.29 is 4.74 Å². The van der Waals surface area contributed by atoms with Gasteiger partial charge in [0.2, 0.25) is 0 Å². The quantitative estimate of drug-likeness (QED) is 0.902. The van der Waals surface area contributed by atoms with Gasteiger partial charge in [0.15, 0.2) is 0 Å². The number of nitriles is 1. The Balaban J connectivity index is 2.42. The molecule has 1 aromatic heterocycles. The van der Waals surface area contributed by atoms with Crippen molar-refractivity contribution in [2.75, 3.05) is 19.0 Å². The number of ether oxygens (including phenoxy) is 1. The van der Waals surface area contributed by atoms with E-state index in [9.17, 15) is 0 Å². The number of anilines is 1. The van der Waals surface area contributed by atoms with Crippen LogP contribution in [0.25, 0.3) is 11.3 Å². The molecule has 0 aliphatic carbocycles. The van der Waals surface area contributed by atoms with Crippen LogP contribution < -0.4 is 10.1 Å². The van der Waals surface area contributed by atoms with Gasteiger partial charge in [-0.2, -0.15) is 5.26 Å². The van der Waals surface area contributed by atoms with Crippen LogP contribution in [0.3, 0.4) is 0 Å². The Morgan fingerprint density at radius 2 is 2.20 bits per heavy atom. The van der Waals surface area contributed by atoms with Gasteiger partial charge in [-0.05, 0) is 24.6 Å². The molecule has 0 saturated heterocycles. The fourth-order valence-electron chi connectivity index (χ4n) is 1.81. The summed E-state index contributed by atoms with van der Waals surface area (Å²) in [6, 6.07) is 7.36. The first kappa shape index (κ1) is 13.8. The lowest BCUT2D eigenvalue weighted by Crippen LogP contribution is -2.03. The Kier molecular flexibility index (Phi) is 4.51. The molecule has 0 bridgehead atoms. The van der Waals surface area contributed by atoms with E-state index >= 15 is 0 Å². The number of hydrogen-bond donors (Lipinski definition) is 1. The molecule has 2 rings (SSSR count). The van der Waals surface area contributed by atoms with Crippen molar-refractivity contribution in [1.82, 2.24) is 9.97 Å².